The van der Waals surface area contributed by atoms with Gasteiger partial charge >= 0.3 is 0 Å². The average molecular weight is 406 g/mol. The van der Waals surface area contributed by atoms with Crippen molar-refractivity contribution in [2.75, 3.05) is 11.1 Å². The molecule has 0 unspecified atom stereocenters. The van der Waals surface area contributed by atoms with Crippen molar-refractivity contribution in [3.05, 3.63) is 34.9 Å². The molecule has 1 N–H and O–H groups in total. The molecule has 5 nitrogen and oxygen atoms in total. The number of hydrogen-bond acceptors (Lipinski definition) is 6. The molecule has 0 spiro atoms. The Kier molecular flexibility index (Phi) is 8.44. The van der Waals surface area contributed by atoms with Crippen molar-refractivity contribution >= 4 is 39.9 Å². The van der Waals surface area contributed by atoms with E-state index in [1.54, 1.807) is 0 Å². The fourth-order valence-corrected chi connectivity index (χ4v) is 4.47. The van der Waals surface area contributed by atoms with E-state index in [-0.39, 0.29) is 17.6 Å². The van der Waals surface area contributed by atoms with E-state index in [0.717, 1.165) is 42.4 Å². The number of aromatic nitrogens is 2. The summed E-state index contributed by atoms with van der Waals surface area (Å²) >= 11 is 2.67. The van der Waals surface area contributed by atoms with Gasteiger partial charge in [0.15, 0.2) is 10.1 Å². The third kappa shape index (κ3) is 6.43. The molecule has 0 aliphatic rings. The number of benzene rings is 1. The second-order valence-electron chi connectivity index (χ2n) is 6.64. The summed E-state index contributed by atoms with van der Waals surface area (Å²) in [7, 11) is 0. The van der Waals surface area contributed by atoms with Crippen molar-refractivity contribution in [2.45, 2.75) is 57.7 Å². The van der Waals surface area contributed by atoms with Gasteiger partial charge in [-0.05, 0) is 32.3 Å². The molecular formula is C20H27N3O2S2. The van der Waals surface area contributed by atoms with Gasteiger partial charge in [0.05, 0.1) is 5.75 Å². The third-order valence-electron chi connectivity index (χ3n) is 4.42. The molecule has 0 fully saturated rings. The molecule has 0 aliphatic carbocycles. The highest BCUT2D eigenvalue weighted by Gasteiger charge is 2.18. The lowest BCUT2D eigenvalue weighted by molar-refractivity contribution is -0.120. The Morgan fingerprint density at radius 3 is 2.67 bits per heavy atom. The van der Waals surface area contributed by atoms with Crippen molar-refractivity contribution in [1.82, 2.24) is 10.2 Å². The van der Waals surface area contributed by atoms with Gasteiger partial charge < -0.3 is 5.32 Å². The summed E-state index contributed by atoms with van der Waals surface area (Å²) in [5.74, 6) is 0.394. The van der Waals surface area contributed by atoms with Gasteiger partial charge in [-0.25, -0.2) is 0 Å². The summed E-state index contributed by atoms with van der Waals surface area (Å²) in [5, 5.41) is 11.5. The van der Waals surface area contributed by atoms with Crippen molar-refractivity contribution in [2.24, 2.45) is 5.92 Å². The first kappa shape index (κ1) is 21.6. The van der Waals surface area contributed by atoms with Gasteiger partial charge in [0.25, 0.3) is 0 Å². The minimum Gasteiger partial charge on any atom is -0.300 e. The molecule has 1 atom stereocenters. The van der Waals surface area contributed by atoms with E-state index in [2.05, 4.69) is 22.4 Å². The first-order valence-electron chi connectivity index (χ1n) is 9.32. The van der Waals surface area contributed by atoms with Gasteiger partial charge in [0, 0.05) is 11.5 Å². The summed E-state index contributed by atoms with van der Waals surface area (Å²) < 4.78 is 0.685. The molecule has 1 aromatic carbocycles. The smallest absolute Gasteiger partial charge is 0.229 e. The molecule has 146 valence electrons. The number of nitrogens with one attached hydrogen (secondary N) is 1. The normalized spacial score (nSPS) is 12.0. The summed E-state index contributed by atoms with van der Waals surface area (Å²) in [4.78, 5) is 24.8. The van der Waals surface area contributed by atoms with Crippen LogP contribution in [0.1, 0.15) is 61.0 Å². The third-order valence-corrected chi connectivity index (χ3v) is 6.39. The van der Waals surface area contributed by atoms with Crippen LogP contribution in [-0.4, -0.2) is 27.6 Å². The number of aryl methyl sites for hydroxylation is 2. The average Bonchev–Trinajstić information content (AvgIpc) is 3.07. The lowest BCUT2D eigenvalue weighted by Gasteiger charge is -2.12. The highest BCUT2D eigenvalue weighted by atomic mass is 32.2. The van der Waals surface area contributed by atoms with Crippen LogP contribution in [0.15, 0.2) is 22.5 Å². The molecule has 0 saturated heterocycles. The predicted molar refractivity (Wildman–Crippen MR) is 113 cm³/mol. The molecule has 0 saturated carbocycles. The number of hydrogen-bond donors (Lipinski definition) is 1. The zero-order chi connectivity index (χ0) is 19.8. The van der Waals surface area contributed by atoms with Crippen molar-refractivity contribution in [3.63, 3.8) is 0 Å². The van der Waals surface area contributed by atoms with Gasteiger partial charge in [-0.3, -0.25) is 9.59 Å². The number of unbranched alkanes of at least 4 members (excludes halogenated alkanes) is 1. The van der Waals surface area contributed by atoms with E-state index < -0.39 is 0 Å². The molecule has 1 amide bonds. The maximum absolute atomic E-state index is 12.4. The second kappa shape index (κ2) is 10.6. The van der Waals surface area contributed by atoms with E-state index >= 15 is 0 Å². The highest BCUT2D eigenvalue weighted by Crippen LogP contribution is 2.27. The lowest BCUT2D eigenvalue weighted by Crippen LogP contribution is -2.22. The zero-order valence-corrected chi connectivity index (χ0v) is 18.0. The van der Waals surface area contributed by atoms with Gasteiger partial charge in [-0.15, -0.1) is 10.2 Å². The Hall–Kier alpha value is -1.73. The Labute approximate surface area is 169 Å². The van der Waals surface area contributed by atoms with Crippen LogP contribution in [0.4, 0.5) is 5.13 Å². The van der Waals surface area contributed by atoms with E-state index in [4.69, 9.17) is 0 Å². The summed E-state index contributed by atoms with van der Waals surface area (Å²) in [6, 6.07) is 5.84. The number of thioether (sulfide) groups is 1. The fourth-order valence-electron chi connectivity index (χ4n) is 2.83. The van der Waals surface area contributed by atoms with Crippen LogP contribution in [0.3, 0.4) is 0 Å². The van der Waals surface area contributed by atoms with Crippen LogP contribution in [0.2, 0.25) is 0 Å². The van der Waals surface area contributed by atoms with Crippen molar-refractivity contribution in [1.29, 1.82) is 0 Å². The van der Waals surface area contributed by atoms with E-state index in [1.807, 2.05) is 39.0 Å². The highest BCUT2D eigenvalue weighted by molar-refractivity contribution is 8.01. The van der Waals surface area contributed by atoms with Crippen molar-refractivity contribution in [3.8, 4) is 0 Å². The number of carbonyl (C=O) groups is 2. The van der Waals surface area contributed by atoms with Crippen LogP contribution in [0.5, 0.6) is 0 Å². The number of nitrogens with zero attached hydrogens (tertiary/aromatic N) is 2. The Morgan fingerprint density at radius 1 is 1.22 bits per heavy atom. The molecule has 0 radical (unpaired) electrons. The first-order valence-corrected chi connectivity index (χ1v) is 11.1. The summed E-state index contributed by atoms with van der Waals surface area (Å²) in [6.07, 6.45) is 3.84. The van der Waals surface area contributed by atoms with Crippen LogP contribution in [0.25, 0.3) is 0 Å². The van der Waals surface area contributed by atoms with Crippen molar-refractivity contribution < 1.29 is 9.59 Å². The fraction of sp³-hybridized carbons (Fsp3) is 0.500. The molecule has 1 heterocycles. The molecule has 2 aromatic rings. The van der Waals surface area contributed by atoms with E-state index in [1.165, 1.54) is 23.1 Å². The molecule has 27 heavy (non-hydrogen) atoms. The number of amides is 1. The number of ketones is 1. The van der Waals surface area contributed by atoms with Gasteiger partial charge in [0.1, 0.15) is 0 Å². The Bertz CT molecular complexity index is 789. The Morgan fingerprint density at radius 2 is 2.00 bits per heavy atom. The SMILES string of the molecule is CCCC[C@H](CC)C(=O)Nc1nnc(SCC(=O)c2ccc(C)cc2C)s1. The second-order valence-corrected chi connectivity index (χ2v) is 8.84. The van der Waals surface area contributed by atoms with Crippen LogP contribution in [-0.2, 0) is 4.79 Å². The van der Waals surface area contributed by atoms with E-state index in [9.17, 15) is 9.59 Å². The first-order chi connectivity index (χ1) is 12.9. The minimum absolute atomic E-state index is 0.00464. The molecule has 2 rings (SSSR count). The molecule has 0 bridgehead atoms. The number of Topliss-reactive ketones (excluding diaryl/α,β-unsaturated/α-hetero) is 1. The summed E-state index contributed by atoms with van der Waals surface area (Å²) in [6.45, 7) is 8.11. The summed E-state index contributed by atoms with van der Waals surface area (Å²) in [5.41, 5.74) is 2.88. The van der Waals surface area contributed by atoms with Crippen LogP contribution < -0.4 is 5.32 Å². The predicted octanol–water partition coefficient (Wildman–Crippen LogP) is 5.28. The monoisotopic (exact) mass is 405 g/mol. The number of carbonyl (C=O) groups excluding carboxylic acids is 2. The quantitative estimate of drug-likeness (QED) is 0.330. The van der Waals surface area contributed by atoms with E-state index in [0.29, 0.717) is 15.2 Å². The maximum Gasteiger partial charge on any atom is 0.229 e. The molecular weight excluding hydrogens is 378 g/mol. The number of anilines is 1. The van der Waals surface area contributed by atoms with Gasteiger partial charge in [0.2, 0.25) is 11.0 Å². The topological polar surface area (TPSA) is 72.0 Å². The standard InChI is InChI=1S/C20H27N3O2S2/c1-5-7-8-15(6-2)18(25)21-19-22-23-20(27-19)26-12-17(24)16-10-9-13(3)11-14(16)4/h9-11,15H,5-8,12H2,1-4H3,(H,21,22,25)/t15-/m0/s1. The van der Waals surface area contributed by atoms with Gasteiger partial charge in [-0.2, -0.15) is 0 Å². The molecule has 7 heteroatoms. The zero-order valence-electron chi connectivity index (χ0n) is 16.4. The number of rotatable bonds is 10. The molecule has 1 aromatic heterocycles. The minimum atomic E-state index is 0.00464. The Balaban J connectivity index is 1.90. The van der Waals surface area contributed by atoms with Crippen LogP contribution >= 0.6 is 23.1 Å². The molecule has 0 aliphatic heterocycles. The maximum atomic E-state index is 12.4. The van der Waals surface area contributed by atoms with Gasteiger partial charge in [-0.1, -0.05) is 73.6 Å². The largest absolute Gasteiger partial charge is 0.300 e. The lowest BCUT2D eigenvalue weighted by atomic mass is 9.99. The van der Waals surface area contributed by atoms with Crippen LogP contribution in [0, 0.1) is 19.8 Å².